The van der Waals surface area contributed by atoms with Crippen LogP contribution in [0.15, 0.2) is 30.5 Å². The molecule has 0 saturated heterocycles. The molecule has 1 aromatic carbocycles. The van der Waals surface area contributed by atoms with Crippen LogP contribution in [0.2, 0.25) is 0 Å². The van der Waals surface area contributed by atoms with Crippen LogP contribution in [0, 0.1) is 17.0 Å². The van der Waals surface area contributed by atoms with Gasteiger partial charge in [-0.15, -0.1) is 0 Å². The lowest BCUT2D eigenvalue weighted by Gasteiger charge is -2.06. The van der Waals surface area contributed by atoms with Crippen molar-refractivity contribution in [1.82, 2.24) is 19.7 Å². The molecule has 0 spiro atoms. The van der Waals surface area contributed by atoms with Crippen LogP contribution in [0.25, 0.3) is 16.7 Å². The highest BCUT2D eigenvalue weighted by atomic mass is 16.6. The minimum absolute atomic E-state index is 0.0253. The van der Waals surface area contributed by atoms with Crippen LogP contribution in [-0.4, -0.2) is 24.7 Å². The molecule has 20 heavy (non-hydrogen) atoms. The number of nitrogen functional groups attached to an aromatic ring is 1. The molecule has 0 aliphatic carbocycles. The van der Waals surface area contributed by atoms with Crippen molar-refractivity contribution >= 4 is 22.5 Å². The van der Waals surface area contributed by atoms with Gasteiger partial charge in [0.25, 0.3) is 0 Å². The zero-order chi connectivity index (χ0) is 14.3. The van der Waals surface area contributed by atoms with Crippen molar-refractivity contribution in [2.75, 3.05) is 5.73 Å². The van der Waals surface area contributed by atoms with Crippen molar-refractivity contribution in [3.8, 4) is 5.82 Å². The van der Waals surface area contributed by atoms with Gasteiger partial charge in [0, 0.05) is 5.39 Å². The van der Waals surface area contributed by atoms with E-state index in [0.29, 0.717) is 5.52 Å². The molecule has 3 aromatic rings. The molecule has 8 heteroatoms. The van der Waals surface area contributed by atoms with Gasteiger partial charge in [-0.3, -0.25) is 10.1 Å². The Bertz CT molecular complexity index is 826. The van der Waals surface area contributed by atoms with Gasteiger partial charge in [-0.25, -0.2) is 9.67 Å². The summed E-state index contributed by atoms with van der Waals surface area (Å²) in [5.41, 5.74) is 6.31. The molecule has 8 nitrogen and oxygen atoms in total. The van der Waals surface area contributed by atoms with Crippen molar-refractivity contribution in [1.29, 1.82) is 0 Å². The Balaban J connectivity index is 2.37. The van der Waals surface area contributed by atoms with Gasteiger partial charge >= 0.3 is 5.69 Å². The van der Waals surface area contributed by atoms with E-state index in [9.17, 15) is 10.1 Å². The number of aromatic nitrogens is 4. The number of nitro groups is 1. The fourth-order valence-corrected chi connectivity index (χ4v) is 2.07. The van der Waals surface area contributed by atoms with Gasteiger partial charge in [-0.1, -0.05) is 18.2 Å². The van der Waals surface area contributed by atoms with Gasteiger partial charge in [-0.2, -0.15) is 10.1 Å². The summed E-state index contributed by atoms with van der Waals surface area (Å²) in [5.74, 6) is 0.0453. The van der Waals surface area contributed by atoms with E-state index in [1.54, 1.807) is 12.3 Å². The summed E-state index contributed by atoms with van der Waals surface area (Å²) in [6.45, 7) is 1.52. The summed E-state index contributed by atoms with van der Waals surface area (Å²) in [6, 6.07) is 7.36. The van der Waals surface area contributed by atoms with E-state index in [-0.39, 0.29) is 23.1 Å². The number of nitrogens with zero attached hydrogens (tertiary/aromatic N) is 5. The van der Waals surface area contributed by atoms with Crippen LogP contribution in [-0.2, 0) is 0 Å². The molecule has 0 aliphatic heterocycles. The van der Waals surface area contributed by atoms with E-state index in [4.69, 9.17) is 5.73 Å². The Morgan fingerprint density at radius 1 is 1.30 bits per heavy atom. The quantitative estimate of drug-likeness (QED) is 0.559. The zero-order valence-electron chi connectivity index (χ0n) is 10.5. The maximum Gasteiger partial charge on any atom is 0.334 e. The van der Waals surface area contributed by atoms with Gasteiger partial charge in [0.15, 0.2) is 0 Å². The van der Waals surface area contributed by atoms with Crippen LogP contribution in [0.5, 0.6) is 0 Å². The summed E-state index contributed by atoms with van der Waals surface area (Å²) in [5, 5.41) is 16.2. The van der Waals surface area contributed by atoms with Gasteiger partial charge in [0.1, 0.15) is 5.69 Å². The third-order valence-corrected chi connectivity index (χ3v) is 2.92. The molecule has 2 N–H and O–H groups in total. The standard InChI is InChI=1S/C12H10N6O2/c1-7-10(18(19)20)11(16-12(13)15-7)17-9-5-3-2-4-8(9)6-14-17/h2-6H,1H3,(H2,13,15,16). The predicted molar refractivity (Wildman–Crippen MR) is 72.5 cm³/mol. The molecule has 0 aliphatic rings. The van der Waals surface area contributed by atoms with E-state index < -0.39 is 4.92 Å². The van der Waals surface area contributed by atoms with Gasteiger partial charge in [0.05, 0.1) is 16.6 Å². The van der Waals surface area contributed by atoms with E-state index in [0.717, 1.165) is 5.39 Å². The highest BCUT2D eigenvalue weighted by molar-refractivity contribution is 5.80. The molecule has 0 fully saturated rings. The van der Waals surface area contributed by atoms with Crippen molar-refractivity contribution < 1.29 is 4.92 Å². The number of hydrogen-bond acceptors (Lipinski definition) is 6. The van der Waals surface area contributed by atoms with Crippen molar-refractivity contribution in [3.05, 3.63) is 46.3 Å². The summed E-state index contributed by atoms with van der Waals surface area (Å²) in [7, 11) is 0. The zero-order valence-corrected chi connectivity index (χ0v) is 10.5. The first-order valence-electron chi connectivity index (χ1n) is 5.79. The van der Waals surface area contributed by atoms with Crippen LogP contribution in [0.4, 0.5) is 11.6 Å². The number of benzene rings is 1. The molecule has 3 rings (SSSR count). The van der Waals surface area contributed by atoms with Crippen molar-refractivity contribution in [3.63, 3.8) is 0 Å². The summed E-state index contributed by atoms with van der Waals surface area (Å²) in [6.07, 6.45) is 1.62. The summed E-state index contributed by atoms with van der Waals surface area (Å²) < 4.78 is 1.40. The molecular weight excluding hydrogens is 260 g/mol. The van der Waals surface area contributed by atoms with E-state index in [2.05, 4.69) is 15.1 Å². The molecule has 0 radical (unpaired) electrons. The Kier molecular flexibility index (Phi) is 2.56. The maximum absolute atomic E-state index is 11.2. The average Bonchev–Trinajstić information content (AvgIpc) is 2.80. The SMILES string of the molecule is Cc1nc(N)nc(-n2ncc3ccccc32)c1[N+](=O)[O-]. The molecule has 2 aromatic heterocycles. The molecule has 100 valence electrons. The summed E-state index contributed by atoms with van der Waals surface area (Å²) in [4.78, 5) is 18.5. The van der Waals surface area contributed by atoms with E-state index in [1.807, 2.05) is 18.2 Å². The van der Waals surface area contributed by atoms with Crippen LogP contribution < -0.4 is 5.73 Å². The topological polar surface area (TPSA) is 113 Å². The Hall–Kier alpha value is -3.03. The first kappa shape index (κ1) is 12.0. The molecular formula is C12H10N6O2. The third kappa shape index (κ3) is 1.74. The van der Waals surface area contributed by atoms with Crippen molar-refractivity contribution in [2.24, 2.45) is 0 Å². The van der Waals surface area contributed by atoms with E-state index >= 15 is 0 Å². The average molecular weight is 270 g/mol. The molecule has 0 saturated carbocycles. The Labute approximate surface area is 113 Å². The van der Waals surface area contributed by atoms with E-state index in [1.165, 1.54) is 11.6 Å². The van der Waals surface area contributed by atoms with Crippen LogP contribution in [0.1, 0.15) is 5.69 Å². The number of anilines is 1. The highest BCUT2D eigenvalue weighted by Crippen LogP contribution is 2.27. The third-order valence-electron chi connectivity index (χ3n) is 2.92. The number of rotatable bonds is 2. The molecule has 2 heterocycles. The number of fused-ring (bicyclic) bond motifs is 1. The Morgan fingerprint density at radius 2 is 2.05 bits per heavy atom. The predicted octanol–water partition coefficient (Wildman–Crippen LogP) is 1.61. The summed E-state index contributed by atoms with van der Waals surface area (Å²) >= 11 is 0. The lowest BCUT2D eigenvalue weighted by Crippen LogP contribution is -2.10. The molecule has 0 amide bonds. The fourth-order valence-electron chi connectivity index (χ4n) is 2.07. The van der Waals surface area contributed by atoms with Crippen LogP contribution in [0.3, 0.4) is 0 Å². The minimum atomic E-state index is -0.527. The van der Waals surface area contributed by atoms with Crippen molar-refractivity contribution in [2.45, 2.75) is 6.92 Å². The fraction of sp³-hybridized carbons (Fsp3) is 0.0833. The van der Waals surface area contributed by atoms with Gasteiger partial charge < -0.3 is 5.73 Å². The lowest BCUT2D eigenvalue weighted by atomic mass is 10.2. The number of nitrogens with two attached hydrogens (primary N) is 1. The monoisotopic (exact) mass is 270 g/mol. The molecule has 0 bridgehead atoms. The molecule has 0 atom stereocenters. The number of para-hydroxylation sites is 1. The van der Waals surface area contributed by atoms with Gasteiger partial charge in [0.2, 0.25) is 11.8 Å². The smallest absolute Gasteiger partial charge is 0.334 e. The number of aryl methyl sites for hydroxylation is 1. The van der Waals surface area contributed by atoms with Gasteiger partial charge in [-0.05, 0) is 13.0 Å². The first-order chi connectivity index (χ1) is 9.58. The normalized spacial score (nSPS) is 10.8. The largest absolute Gasteiger partial charge is 0.368 e. The Morgan fingerprint density at radius 3 is 2.80 bits per heavy atom. The second kappa shape index (κ2) is 4.26. The number of hydrogen-bond donors (Lipinski definition) is 1. The molecule has 0 unspecified atom stereocenters. The highest BCUT2D eigenvalue weighted by Gasteiger charge is 2.24. The lowest BCUT2D eigenvalue weighted by molar-refractivity contribution is -0.385. The maximum atomic E-state index is 11.2. The first-order valence-corrected chi connectivity index (χ1v) is 5.79. The van der Waals surface area contributed by atoms with Crippen LogP contribution >= 0.6 is 0 Å². The second-order valence-corrected chi connectivity index (χ2v) is 4.21. The minimum Gasteiger partial charge on any atom is -0.368 e. The second-order valence-electron chi connectivity index (χ2n) is 4.21.